The summed E-state index contributed by atoms with van der Waals surface area (Å²) in [7, 11) is 0. The van der Waals surface area contributed by atoms with E-state index in [0.717, 1.165) is 6.08 Å². The zero-order chi connectivity index (χ0) is 22.9. The number of halogens is 4. The molecule has 0 heterocycles. The lowest BCUT2D eigenvalue weighted by atomic mass is 9.96. The molecular weight excluding hydrogens is 456 g/mol. The van der Waals surface area contributed by atoms with Crippen molar-refractivity contribution in [1.29, 1.82) is 0 Å². The minimum Gasteiger partial charge on any atom is -0.392 e. The van der Waals surface area contributed by atoms with Crippen molar-refractivity contribution in [2.75, 3.05) is 11.9 Å². The second kappa shape index (κ2) is 12.5. The SMILES string of the molecule is CC(C)C(NC(=O)C(Cl)(Cl)Cl)C(F)=CC(CCCN)C(=O)Nc1ccc(CO)cc1. The Kier molecular flexibility index (Phi) is 11.1. The van der Waals surface area contributed by atoms with E-state index in [1.54, 1.807) is 38.1 Å². The quantitative estimate of drug-likeness (QED) is 0.380. The highest BCUT2D eigenvalue weighted by Gasteiger charge is 2.34. The van der Waals surface area contributed by atoms with Crippen molar-refractivity contribution in [3.05, 3.63) is 41.7 Å². The number of aliphatic hydroxyl groups is 1. The van der Waals surface area contributed by atoms with Crippen LogP contribution in [0.25, 0.3) is 0 Å². The molecule has 10 heteroatoms. The Morgan fingerprint density at radius 2 is 1.83 bits per heavy atom. The Hall–Kier alpha value is -1.38. The van der Waals surface area contributed by atoms with Crippen LogP contribution in [0, 0.1) is 11.8 Å². The first-order valence-corrected chi connectivity index (χ1v) is 10.6. The highest BCUT2D eigenvalue weighted by atomic mass is 35.6. The largest absolute Gasteiger partial charge is 0.392 e. The first-order chi connectivity index (χ1) is 14.0. The molecule has 2 unspecified atom stereocenters. The number of hydrogen-bond acceptors (Lipinski definition) is 4. The van der Waals surface area contributed by atoms with Gasteiger partial charge in [0.25, 0.3) is 9.70 Å². The second-order valence-corrected chi connectivity index (χ2v) is 9.41. The summed E-state index contributed by atoms with van der Waals surface area (Å²) in [5.74, 6) is -3.27. The lowest BCUT2D eigenvalue weighted by Crippen LogP contribution is -2.44. The summed E-state index contributed by atoms with van der Waals surface area (Å²) in [6.45, 7) is 3.60. The molecule has 0 saturated heterocycles. The summed E-state index contributed by atoms with van der Waals surface area (Å²) in [5, 5.41) is 14.2. The van der Waals surface area contributed by atoms with Gasteiger partial charge in [0, 0.05) is 5.69 Å². The summed E-state index contributed by atoms with van der Waals surface area (Å²) in [6.07, 6.45) is 1.97. The van der Waals surface area contributed by atoms with Crippen LogP contribution in [0.2, 0.25) is 0 Å². The van der Waals surface area contributed by atoms with E-state index in [0.29, 0.717) is 30.6 Å². The number of alkyl halides is 3. The van der Waals surface area contributed by atoms with E-state index in [4.69, 9.17) is 45.6 Å². The second-order valence-electron chi connectivity index (χ2n) is 7.13. The maximum atomic E-state index is 15.0. The molecule has 6 nitrogen and oxygen atoms in total. The molecule has 1 aromatic rings. The third-order valence-corrected chi connectivity index (χ3v) is 4.84. The van der Waals surface area contributed by atoms with E-state index in [2.05, 4.69) is 10.6 Å². The topological polar surface area (TPSA) is 104 Å². The zero-order valence-electron chi connectivity index (χ0n) is 16.8. The van der Waals surface area contributed by atoms with Gasteiger partial charge in [-0.1, -0.05) is 60.8 Å². The van der Waals surface area contributed by atoms with E-state index in [-0.39, 0.29) is 12.5 Å². The molecule has 168 valence electrons. The highest BCUT2D eigenvalue weighted by molar-refractivity contribution is 6.76. The fourth-order valence-electron chi connectivity index (χ4n) is 2.63. The minimum atomic E-state index is -2.23. The van der Waals surface area contributed by atoms with Gasteiger partial charge in [-0.2, -0.15) is 0 Å². The zero-order valence-corrected chi connectivity index (χ0v) is 19.1. The van der Waals surface area contributed by atoms with Gasteiger partial charge in [-0.3, -0.25) is 9.59 Å². The summed E-state index contributed by atoms with van der Waals surface area (Å²) in [4.78, 5) is 24.7. The fourth-order valence-corrected chi connectivity index (χ4v) is 2.79. The molecule has 0 aliphatic rings. The normalized spacial score (nSPS) is 14.4. The van der Waals surface area contributed by atoms with E-state index in [1.165, 1.54) is 0 Å². The van der Waals surface area contributed by atoms with Crippen molar-refractivity contribution in [2.24, 2.45) is 17.6 Å². The maximum Gasteiger partial charge on any atom is 0.272 e. The van der Waals surface area contributed by atoms with Crippen molar-refractivity contribution in [1.82, 2.24) is 5.32 Å². The van der Waals surface area contributed by atoms with Crippen LogP contribution in [0.15, 0.2) is 36.2 Å². The van der Waals surface area contributed by atoms with Crippen molar-refractivity contribution in [2.45, 2.75) is 43.1 Å². The standard InChI is InChI=1S/C20H27Cl3FN3O3/c1-12(2)17(27-19(30)20(21,22)23)16(24)10-14(4-3-9-25)18(29)26-15-7-5-13(11-28)6-8-15/h5-8,10,12,14,17,28H,3-4,9,11,25H2,1-2H3,(H,26,29)(H,27,30). The first kappa shape index (κ1) is 26.7. The lowest BCUT2D eigenvalue weighted by Gasteiger charge is -2.24. The van der Waals surface area contributed by atoms with Crippen LogP contribution in [-0.4, -0.2) is 33.3 Å². The average molecular weight is 483 g/mol. The smallest absolute Gasteiger partial charge is 0.272 e. The number of benzene rings is 1. The van der Waals surface area contributed by atoms with Gasteiger partial charge in [0.2, 0.25) is 5.91 Å². The fraction of sp³-hybridized carbons (Fsp3) is 0.500. The molecule has 2 amide bonds. The van der Waals surface area contributed by atoms with Crippen LogP contribution in [0.5, 0.6) is 0 Å². The Morgan fingerprint density at radius 3 is 2.30 bits per heavy atom. The molecule has 0 aliphatic carbocycles. The Balaban J connectivity index is 3.03. The van der Waals surface area contributed by atoms with Gasteiger partial charge in [0.15, 0.2) is 0 Å². The van der Waals surface area contributed by atoms with Gasteiger partial charge in [-0.25, -0.2) is 4.39 Å². The Bertz CT molecular complexity index is 737. The molecule has 5 N–H and O–H groups in total. The van der Waals surface area contributed by atoms with Gasteiger partial charge in [0.1, 0.15) is 5.83 Å². The molecule has 1 aromatic carbocycles. The molecule has 0 bridgehead atoms. The number of nitrogens with two attached hydrogens (primary N) is 1. The van der Waals surface area contributed by atoms with Gasteiger partial charge in [-0.15, -0.1) is 0 Å². The molecular formula is C20H27Cl3FN3O3. The van der Waals surface area contributed by atoms with Crippen LogP contribution >= 0.6 is 34.8 Å². The van der Waals surface area contributed by atoms with E-state index >= 15 is 4.39 Å². The predicted molar refractivity (Wildman–Crippen MR) is 119 cm³/mol. The molecule has 2 atom stereocenters. The summed E-state index contributed by atoms with van der Waals surface area (Å²) in [6, 6.07) is 5.55. The predicted octanol–water partition coefficient (Wildman–Crippen LogP) is 3.84. The van der Waals surface area contributed by atoms with Crippen molar-refractivity contribution >= 4 is 52.3 Å². The molecule has 0 aromatic heterocycles. The van der Waals surface area contributed by atoms with Gasteiger partial charge in [0.05, 0.1) is 18.6 Å². The van der Waals surface area contributed by atoms with E-state index < -0.39 is 33.4 Å². The Labute approximate surface area is 190 Å². The van der Waals surface area contributed by atoms with Crippen LogP contribution in [0.4, 0.5) is 10.1 Å². The van der Waals surface area contributed by atoms with Crippen LogP contribution in [-0.2, 0) is 16.2 Å². The monoisotopic (exact) mass is 481 g/mol. The van der Waals surface area contributed by atoms with Gasteiger partial charge >= 0.3 is 0 Å². The van der Waals surface area contributed by atoms with Crippen molar-refractivity contribution in [3.63, 3.8) is 0 Å². The number of hydrogen-bond donors (Lipinski definition) is 4. The molecule has 0 fully saturated rings. The number of amides is 2. The van der Waals surface area contributed by atoms with E-state index in [1.807, 2.05) is 0 Å². The van der Waals surface area contributed by atoms with Gasteiger partial charge in [-0.05, 0) is 49.1 Å². The number of carbonyl (C=O) groups excluding carboxylic acids is 2. The van der Waals surface area contributed by atoms with E-state index in [9.17, 15) is 9.59 Å². The first-order valence-electron chi connectivity index (χ1n) is 9.45. The van der Waals surface area contributed by atoms with Crippen molar-refractivity contribution < 1.29 is 19.1 Å². The van der Waals surface area contributed by atoms with Crippen LogP contribution in [0.1, 0.15) is 32.3 Å². The third-order valence-electron chi connectivity index (χ3n) is 4.33. The number of anilines is 1. The molecule has 30 heavy (non-hydrogen) atoms. The number of aliphatic hydroxyl groups excluding tert-OH is 1. The Morgan fingerprint density at radius 1 is 1.23 bits per heavy atom. The highest BCUT2D eigenvalue weighted by Crippen LogP contribution is 2.28. The number of nitrogens with one attached hydrogen (secondary N) is 2. The molecule has 1 rings (SSSR count). The van der Waals surface area contributed by atoms with Crippen LogP contribution < -0.4 is 16.4 Å². The number of rotatable bonds is 10. The summed E-state index contributed by atoms with van der Waals surface area (Å²) >= 11 is 16.7. The molecule has 0 radical (unpaired) electrons. The maximum absolute atomic E-state index is 15.0. The summed E-state index contributed by atoms with van der Waals surface area (Å²) in [5.41, 5.74) is 6.75. The number of carbonyl (C=O) groups is 2. The lowest BCUT2D eigenvalue weighted by molar-refractivity contribution is -0.121. The third kappa shape index (κ3) is 8.78. The average Bonchev–Trinajstić information content (AvgIpc) is 2.68. The minimum absolute atomic E-state index is 0.113. The molecule has 0 spiro atoms. The molecule has 0 saturated carbocycles. The van der Waals surface area contributed by atoms with Crippen molar-refractivity contribution in [3.8, 4) is 0 Å². The van der Waals surface area contributed by atoms with Gasteiger partial charge < -0.3 is 21.5 Å². The van der Waals surface area contributed by atoms with Crippen LogP contribution in [0.3, 0.4) is 0 Å². The molecule has 0 aliphatic heterocycles. The summed E-state index contributed by atoms with van der Waals surface area (Å²) < 4.78 is 12.8.